The normalized spacial score (nSPS) is 11.0. The molecule has 2 N–H and O–H groups in total. The summed E-state index contributed by atoms with van der Waals surface area (Å²) in [6.07, 6.45) is 0.0930. The molecule has 0 unspecified atom stereocenters. The van der Waals surface area contributed by atoms with Gasteiger partial charge in [-0.1, -0.05) is 30.3 Å². The molecule has 0 aromatic heterocycles. The van der Waals surface area contributed by atoms with E-state index in [-0.39, 0.29) is 38.0 Å². The largest absolute Gasteiger partial charge is 0.480 e. The summed E-state index contributed by atoms with van der Waals surface area (Å²) in [5.41, 5.74) is 0.259. The number of carboxylic acid groups (broad SMARTS) is 1. The maximum Gasteiger partial charge on any atom is 0.323 e. The van der Waals surface area contributed by atoms with Gasteiger partial charge in [0.25, 0.3) is 0 Å². The van der Waals surface area contributed by atoms with E-state index < -0.39 is 11.5 Å². The van der Waals surface area contributed by atoms with E-state index in [1.54, 1.807) is 13.8 Å². The molecule has 7 heteroatoms. The second kappa shape index (κ2) is 9.02. The summed E-state index contributed by atoms with van der Waals surface area (Å²) in [5, 5.41) is 11.6. The average Bonchev–Trinajstić information content (AvgIpc) is 2.50. The van der Waals surface area contributed by atoms with Crippen molar-refractivity contribution in [2.24, 2.45) is 0 Å². The van der Waals surface area contributed by atoms with Crippen molar-refractivity contribution in [1.82, 2.24) is 10.2 Å². The highest BCUT2D eigenvalue weighted by Crippen LogP contribution is 2.11. The van der Waals surface area contributed by atoms with E-state index in [0.717, 1.165) is 10.5 Å². The Bertz CT molecular complexity index is 572. The number of rotatable bonds is 9. The molecule has 0 fully saturated rings. The van der Waals surface area contributed by atoms with Gasteiger partial charge in [0.2, 0.25) is 5.91 Å². The second-order valence-electron chi connectivity index (χ2n) is 6.20. The van der Waals surface area contributed by atoms with Crippen LogP contribution < -0.4 is 5.32 Å². The van der Waals surface area contributed by atoms with Crippen LogP contribution in [0.2, 0.25) is 0 Å². The Morgan fingerprint density at radius 2 is 1.83 bits per heavy atom. The van der Waals surface area contributed by atoms with Gasteiger partial charge in [-0.25, -0.2) is 0 Å². The maximum absolute atomic E-state index is 11.9. The Labute approximate surface area is 141 Å². The van der Waals surface area contributed by atoms with Crippen LogP contribution >= 0.6 is 0 Å². The number of carbonyl (C=O) groups is 3. The fraction of sp³-hybridized carbons (Fsp3) is 0.471. The van der Waals surface area contributed by atoms with Gasteiger partial charge in [-0.05, 0) is 19.4 Å². The van der Waals surface area contributed by atoms with E-state index in [4.69, 9.17) is 9.84 Å². The summed E-state index contributed by atoms with van der Waals surface area (Å²) < 4.78 is 5.22. The summed E-state index contributed by atoms with van der Waals surface area (Å²) in [6, 6.07) is 9.36. The Hall–Kier alpha value is -2.41. The first-order valence-corrected chi connectivity index (χ1v) is 7.60. The van der Waals surface area contributed by atoms with E-state index in [9.17, 15) is 14.4 Å². The van der Waals surface area contributed by atoms with E-state index in [2.05, 4.69) is 5.32 Å². The summed E-state index contributed by atoms with van der Waals surface area (Å²) >= 11 is 0. The highest BCUT2D eigenvalue weighted by atomic mass is 16.5. The standard InChI is InChI=1S/C17H24N2O5/c1-17(2,18-10-14(20)19(3)11-15(21)22)9-16(23)24-12-13-7-5-4-6-8-13/h4-8,18H,9-12H2,1-3H3,(H,21,22). The molecule has 1 amide bonds. The predicted octanol–water partition coefficient (Wildman–Crippen LogP) is 1.03. The van der Waals surface area contributed by atoms with Crippen LogP contribution in [0.25, 0.3) is 0 Å². The van der Waals surface area contributed by atoms with Gasteiger partial charge in [0.15, 0.2) is 0 Å². The van der Waals surface area contributed by atoms with Crippen LogP contribution in [0, 0.1) is 0 Å². The first-order valence-electron chi connectivity index (χ1n) is 7.60. The molecule has 0 radical (unpaired) electrons. The molecule has 0 aliphatic heterocycles. The Kier molecular flexibility index (Phi) is 7.38. The van der Waals surface area contributed by atoms with Crippen molar-refractivity contribution < 1.29 is 24.2 Å². The molecule has 7 nitrogen and oxygen atoms in total. The number of esters is 1. The topological polar surface area (TPSA) is 95.9 Å². The Balaban J connectivity index is 2.37. The molecule has 0 aliphatic rings. The van der Waals surface area contributed by atoms with Gasteiger partial charge in [0, 0.05) is 12.6 Å². The van der Waals surface area contributed by atoms with Gasteiger partial charge in [-0.3, -0.25) is 14.4 Å². The fourth-order valence-corrected chi connectivity index (χ4v) is 1.95. The van der Waals surface area contributed by atoms with E-state index >= 15 is 0 Å². The zero-order valence-electron chi connectivity index (χ0n) is 14.2. The molecular formula is C17H24N2O5. The van der Waals surface area contributed by atoms with Crippen molar-refractivity contribution in [3.8, 4) is 0 Å². The first-order chi connectivity index (χ1) is 11.2. The van der Waals surface area contributed by atoms with Crippen molar-refractivity contribution in [3.05, 3.63) is 35.9 Å². The van der Waals surface area contributed by atoms with Crippen LogP contribution in [-0.4, -0.2) is 53.5 Å². The molecule has 0 aliphatic carbocycles. The number of ether oxygens (including phenoxy) is 1. The molecule has 24 heavy (non-hydrogen) atoms. The van der Waals surface area contributed by atoms with Crippen molar-refractivity contribution in [2.45, 2.75) is 32.4 Å². The molecule has 1 rings (SSSR count). The molecule has 0 bridgehead atoms. The highest BCUT2D eigenvalue weighted by Gasteiger charge is 2.24. The minimum absolute atomic E-state index is 0.0528. The quantitative estimate of drug-likeness (QED) is 0.654. The van der Waals surface area contributed by atoms with Gasteiger partial charge in [0.05, 0.1) is 13.0 Å². The van der Waals surface area contributed by atoms with Crippen LogP contribution in [0.4, 0.5) is 0 Å². The van der Waals surface area contributed by atoms with E-state index in [1.165, 1.54) is 7.05 Å². The molecule has 0 spiro atoms. The number of nitrogens with zero attached hydrogens (tertiary/aromatic N) is 1. The SMILES string of the molecule is CN(CC(=O)O)C(=O)CNC(C)(C)CC(=O)OCc1ccccc1. The van der Waals surface area contributed by atoms with Crippen molar-refractivity contribution >= 4 is 17.8 Å². The molecule has 0 saturated carbocycles. The number of nitrogens with one attached hydrogen (secondary N) is 1. The third-order valence-electron chi connectivity index (χ3n) is 3.35. The van der Waals surface area contributed by atoms with Crippen LogP contribution in [0.15, 0.2) is 30.3 Å². The minimum Gasteiger partial charge on any atom is -0.480 e. The van der Waals surface area contributed by atoms with Gasteiger partial charge >= 0.3 is 11.9 Å². The summed E-state index contributed by atoms with van der Waals surface area (Å²) in [7, 11) is 1.42. The number of amides is 1. The Morgan fingerprint density at radius 1 is 1.21 bits per heavy atom. The highest BCUT2D eigenvalue weighted by molar-refractivity contribution is 5.82. The minimum atomic E-state index is -1.07. The number of hydrogen-bond acceptors (Lipinski definition) is 5. The summed E-state index contributed by atoms with van der Waals surface area (Å²) in [6.45, 7) is 3.35. The number of carbonyl (C=O) groups excluding carboxylic acids is 2. The zero-order valence-corrected chi connectivity index (χ0v) is 14.2. The Morgan fingerprint density at radius 3 is 2.42 bits per heavy atom. The van der Waals surface area contributed by atoms with Gasteiger partial charge < -0.3 is 20.1 Å². The molecular weight excluding hydrogens is 312 g/mol. The number of benzene rings is 1. The lowest BCUT2D eigenvalue weighted by Gasteiger charge is -2.26. The number of likely N-dealkylation sites (N-methyl/N-ethyl adjacent to an activating group) is 1. The predicted molar refractivity (Wildman–Crippen MR) is 88.2 cm³/mol. The fourth-order valence-electron chi connectivity index (χ4n) is 1.95. The van der Waals surface area contributed by atoms with Crippen molar-refractivity contribution in [3.63, 3.8) is 0 Å². The number of hydrogen-bond donors (Lipinski definition) is 2. The molecule has 1 aromatic carbocycles. The molecule has 1 aromatic rings. The van der Waals surface area contributed by atoms with Crippen molar-refractivity contribution in [2.75, 3.05) is 20.1 Å². The number of aliphatic carboxylic acids is 1. The van der Waals surface area contributed by atoms with Gasteiger partial charge in [0.1, 0.15) is 13.2 Å². The maximum atomic E-state index is 11.9. The number of carboxylic acids is 1. The lowest BCUT2D eigenvalue weighted by atomic mass is 10.0. The van der Waals surface area contributed by atoms with Crippen LogP contribution in [0.5, 0.6) is 0 Å². The van der Waals surface area contributed by atoms with Crippen LogP contribution in [0.3, 0.4) is 0 Å². The summed E-state index contributed by atoms with van der Waals surface area (Å²) in [4.78, 5) is 35.4. The zero-order chi connectivity index (χ0) is 18.2. The first kappa shape index (κ1) is 19.6. The lowest BCUT2D eigenvalue weighted by molar-refractivity contribution is -0.146. The third-order valence-corrected chi connectivity index (χ3v) is 3.35. The van der Waals surface area contributed by atoms with Gasteiger partial charge in [-0.2, -0.15) is 0 Å². The van der Waals surface area contributed by atoms with E-state index in [0.29, 0.717) is 0 Å². The molecule has 0 saturated heterocycles. The molecule has 0 atom stereocenters. The average molecular weight is 336 g/mol. The van der Waals surface area contributed by atoms with E-state index in [1.807, 2.05) is 30.3 Å². The van der Waals surface area contributed by atoms with Crippen molar-refractivity contribution in [1.29, 1.82) is 0 Å². The molecule has 132 valence electrons. The monoisotopic (exact) mass is 336 g/mol. The molecule has 0 heterocycles. The third kappa shape index (κ3) is 7.73. The summed E-state index contributed by atoms with van der Waals surface area (Å²) in [5.74, 6) is -1.81. The van der Waals surface area contributed by atoms with Crippen LogP contribution in [0.1, 0.15) is 25.8 Å². The van der Waals surface area contributed by atoms with Gasteiger partial charge in [-0.15, -0.1) is 0 Å². The van der Waals surface area contributed by atoms with Crippen LogP contribution in [-0.2, 0) is 25.7 Å². The smallest absolute Gasteiger partial charge is 0.323 e. The second-order valence-corrected chi connectivity index (χ2v) is 6.20. The lowest BCUT2D eigenvalue weighted by Crippen LogP contribution is -2.47.